The van der Waals surface area contributed by atoms with Gasteiger partial charge in [0, 0.05) is 0 Å². The number of hydrogen-bond donors (Lipinski definition) is 0. The molecule has 14 rings (SSSR count). The Hall–Kier alpha value is -8.00. The molecule has 12 aromatic carbocycles. The van der Waals surface area contributed by atoms with Gasteiger partial charge in [0.15, 0.2) is 0 Å². The molecule has 0 fully saturated rings. The summed E-state index contributed by atoms with van der Waals surface area (Å²) in [5.74, 6) is 0. The normalized spacial score (nSPS) is 11.9. The monoisotopic (exact) mass is 901 g/mol. The van der Waals surface area contributed by atoms with Crippen LogP contribution in [0.1, 0.15) is 0 Å². The minimum atomic E-state index is 0.118. The molecule has 0 spiro atoms. The number of fused-ring (bicyclic) bond motifs is 10. The van der Waals surface area contributed by atoms with Crippen LogP contribution in [0.2, 0.25) is 0 Å². The third kappa shape index (κ3) is 5.47. The predicted molar refractivity (Wildman–Crippen MR) is 285 cm³/mol. The number of nitrogens with zero attached hydrogens (tertiary/aromatic N) is 1. The Morgan fingerprint density at radius 1 is 0.273 bits per heavy atom. The van der Waals surface area contributed by atoms with Crippen LogP contribution in [0.4, 0.5) is 0 Å². The molecule has 0 aliphatic rings. The van der Waals surface area contributed by atoms with Crippen molar-refractivity contribution < 1.29 is 0 Å². The van der Waals surface area contributed by atoms with Gasteiger partial charge in [-0.1, -0.05) is 18.2 Å². The summed E-state index contributed by atoms with van der Waals surface area (Å²) in [6, 6.07) is 88.1. The SMILES string of the molecule is c1ccc(-c2c3ccccc3c(-c3ccc4[se]c5c(-c6c7ccccc7c(-c7cccc8c7c7ccccc7n8-c7ccccc7)c7ccccc67)cccc5c4c3)c3ccccc23)cc1. The van der Waals surface area contributed by atoms with Crippen LogP contribution in [0.25, 0.3) is 134 Å². The molecular formula is C64H39NSe. The van der Waals surface area contributed by atoms with E-state index in [1.165, 1.54) is 134 Å². The summed E-state index contributed by atoms with van der Waals surface area (Å²) >= 11 is 0.118. The van der Waals surface area contributed by atoms with Crippen LogP contribution in [-0.2, 0) is 0 Å². The quantitative estimate of drug-likeness (QED) is 0.120. The fourth-order valence-corrected chi connectivity index (χ4v) is 13.8. The molecule has 0 amide bonds. The Kier molecular flexibility index (Phi) is 8.37. The molecule has 0 aliphatic carbocycles. The Morgan fingerprint density at radius 2 is 0.712 bits per heavy atom. The molecule has 2 aromatic heterocycles. The van der Waals surface area contributed by atoms with Crippen molar-refractivity contribution >= 4 is 98.7 Å². The molecule has 0 bridgehead atoms. The number of para-hydroxylation sites is 2. The molecular weight excluding hydrogens is 862 g/mol. The van der Waals surface area contributed by atoms with Crippen molar-refractivity contribution in [3.8, 4) is 50.2 Å². The van der Waals surface area contributed by atoms with E-state index in [0.29, 0.717) is 0 Å². The standard InChI is InChI=1S/C64H39NSe/c1-3-19-40(20-4-1)59-43-23-7-9-25-45(43)60(46-26-10-8-24-44(46)59)41-37-38-58-55(39-41)51-32-17-34-54(64(51)66-58)62-49-29-13-11-27-47(49)61(48-28-12-14-30-50(48)62)53-33-18-36-57-63(53)52-31-15-16-35-56(52)65(57)42-21-5-2-6-22-42/h1-39H. The van der Waals surface area contributed by atoms with E-state index in [1.807, 2.05) is 0 Å². The van der Waals surface area contributed by atoms with Gasteiger partial charge in [0.2, 0.25) is 0 Å². The molecule has 0 atom stereocenters. The fourth-order valence-electron chi connectivity index (χ4n) is 11.3. The van der Waals surface area contributed by atoms with Crippen LogP contribution in [-0.4, -0.2) is 19.1 Å². The Labute approximate surface area is 387 Å². The van der Waals surface area contributed by atoms with E-state index in [2.05, 4.69) is 241 Å². The molecule has 66 heavy (non-hydrogen) atoms. The summed E-state index contributed by atoms with van der Waals surface area (Å²) in [6.07, 6.45) is 0. The first-order chi connectivity index (χ1) is 32.8. The second-order valence-corrected chi connectivity index (χ2v) is 19.6. The summed E-state index contributed by atoms with van der Waals surface area (Å²) < 4.78 is 5.33. The zero-order chi connectivity index (χ0) is 43.3. The Morgan fingerprint density at radius 3 is 1.32 bits per heavy atom. The van der Waals surface area contributed by atoms with Crippen LogP contribution in [0, 0.1) is 0 Å². The van der Waals surface area contributed by atoms with Gasteiger partial charge in [-0.15, -0.1) is 0 Å². The van der Waals surface area contributed by atoms with Crippen molar-refractivity contribution in [2.24, 2.45) is 0 Å². The minimum absolute atomic E-state index is 0.118. The topological polar surface area (TPSA) is 4.93 Å². The van der Waals surface area contributed by atoms with Gasteiger partial charge in [-0.3, -0.25) is 0 Å². The van der Waals surface area contributed by atoms with E-state index >= 15 is 0 Å². The third-order valence-electron chi connectivity index (χ3n) is 14.0. The van der Waals surface area contributed by atoms with E-state index in [9.17, 15) is 0 Å². The maximum atomic E-state index is 2.50. The van der Waals surface area contributed by atoms with Crippen LogP contribution in [0.3, 0.4) is 0 Å². The van der Waals surface area contributed by atoms with Crippen molar-refractivity contribution in [2.45, 2.75) is 0 Å². The predicted octanol–water partition coefficient (Wildman–Crippen LogP) is 17.4. The molecule has 1 nitrogen and oxygen atoms in total. The average Bonchev–Trinajstić information content (AvgIpc) is 3.94. The molecule has 14 aromatic rings. The Bertz CT molecular complexity index is 4160. The van der Waals surface area contributed by atoms with Crippen LogP contribution in [0.5, 0.6) is 0 Å². The number of hydrogen-bond acceptors (Lipinski definition) is 0. The van der Waals surface area contributed by atoms with Crippen molar-refractivity contribution in [1.82, 2.24) is 4.57 Å². The molecule has 0 aliphatic heterocycles. The number of aromatic nitrogens is 1. The first-order valence-corrected chi connectivity index (χ1v) is 24.5. The van der Waals surface area contributed by atoms with Gasteiger partial charge >= 0.3 is 372 Å². The van der Waals surface area contributed by atoms with Crippen LogP contribution in [0.15, 0.2) is 237 Å². The van der Waals surface area contributed by atoms with E-state index < -0.39 is 0 Å². The molecule has 0 radical (unpaired) electrons. The van der Waals surface area contributed by atoms with Crippen molar-refractivity contribution in [1.29, 1.82) is 0 Å². The molecule has 306 valence electrons. The van der Waals surface area contributed by atoms with Gasteiger partial charge in [0.25, 0.3) is 0 Å². The molecule has 2 heteroatoms. The summed E-state index contributed by atoms with van der Waals surface area (Å²) in [6.45, 7) is 0. The van der Waals surface area contributed by atoms with Crippen LogP contribution >= 0.6 is 0 Å². The van der Waals surface area contributed by atoms with Crippen LogP contribution < -0.4 is 0 Å². The van der Waals surface area contributed by atoms with E-state index in [4.69, 9.17) is 0 Å². The van der Waals surface area contributed by atoms with Crippen molar-refractivity contribution in [2.75, 3.05) is 0 Å². The summed E-state index contributed by atoms with van der Waals surface area (Å²) in [5, 5.41) is 15.5. The summed E-state index contributed by atoms with van der Waals surface area (Å²) in [7, 11) is 0. The van der Waals surface area contributed by atoms with Gasteiger partial charge in [-0.25, -0.2) is 0 Å². The molecule has 2 heterocycles. The van der Waals surface area contributed by atoms with Gasteiger partial charge in [-0.2, -0.15) is 0 Å². The number of rotatable bonds is 5. The average molecular weight is 901 g/mol. The van der Waals surface area contributed by atoms with E-state index in [-0.39, 0.29) is 14.5 Å². The fraction of sp³-hybridized carbons (Fsp3) is 0. The Balaban J connectivity index is 1.01. The first-order valence-electron chi connectivity index (χ1n) is 22.8. The van der Waals surface area contributed by atoms with Gasteiger partial charge in [-0.05, 0) is 0 Å². The first kappa shape index (κ1) is 37.4. The molecule has 0 saturated carbocycles. The second-order valence-electron chi connectivity index (χ2n) is 17.4. The molecule has 0 unspecified atom stereocenters. The zero-order valence-electron chi connectivity index (χ0n) is 35.9. The van der Waals surface area contributed by atoms with Gasteiger partial charge < -0.3 is 0 Å². The third-order valence-corrected chi connectivity index (χ3v) is 16.5. The van der Waals surface area contributed by atoms with Gasteiger partial charge in [0.1, 0.15) is 0 Å². The molecule has 0 N–H and O–H groups in total. The molecule has 0 saturated heterocycles. The van der Waals surface area contributed by atoms with Gasteiger partial charge in [0.05, 0.1) is 0 Å². The van der Waals surface area contributed by atoms with Crippen molar-refractivity contribution in [3.63, 3.8) is 0 Å². The van der Waals surface area contributed by atoms with E-state index in [0.717, 1.165) is 0 Å². The zero-order valence-corrected chi connectivity index (χ0v) is 37.6. The second kappa shape index (κ2) is 14.8. The maximum absolute atomic E-state index is 2.50. The summed E-state index contributed by atoms with van der Waals surface area (Å²) in [4.78, 5) is 0. The van der Waals surface area contributed by atoms with Crippen molar-refractivity contribution in [3.05, 3.63) is 237 Å². The summed E-state index contributed by atoms with van der Waals surface area (Å²) in [5.41, 5.74) is 13.9. The number of benzene rings is 12. The van der Waals surface area contributed by atoms with E-state index in [1.54, 1.807) is 0 Å².